The molecule has 486 valence electrons. The Bertz CT molecular complexity index is 1600. The minimum atomic E-state index is -4.94. The van der Waals surface area contributed by atoms with Gasteiger partial charge in [0.1, 0.15) is 19.3 Å². The maximum atomic E-state index is 13.0. The number of esters is 4. The third kappa shape index (κ3) is 57.2. The van der Waals surface area contributed by atoms with Crippen LogP contribution in [0.5, 0.6) is 0 Å². The lowest BCUT2D eigenvalue weighted by Crippen LogP contribution is -2.30. The van der Waals surface area contributed by atoms with Crippen LogP contribution >= 0.6 is 15.6 Å². The molecule has 0 saturated carbocycles. The first-order chi connectivity index (χ1) is 39.5. The summed E-state index contributed by atoms with van der Waals surface area (Å²) in [6, 6.07) is 0. The highest BCUT2D eigenvalue weighted by molar-refractivity contribution is 7.47. The van der Waals surface area contributed by atoms with Crippen molar-refractivity contribution in [3.8, 4) is 0 Å². The molecule has 0 fully saturated rings. The average molecular weight is 1210 g/mol. The van der Waals surface area contributed by atoms with Crippen LogP contribution in [0.15, 0.2) is 0 Å². The van der Waals surface area contributed by atoms with E-state index in [4.69, 9.17) is 37.0 Å². The zero-order chi connectivity index (χ0) is 60.6. The number of carbonyl (C=O) groups excluding carboxylic acids is 4. The van der Waals surface area contributed by atoms with Gasteiger partial charge in [0, 0.05) is 25.7 Å². The number of rotatable bonds is 63. The molecule has 0 aromatic heterocycles. The van der Waals surface area contributed by atoms with E-state index in [1.807, 2.05) is 0 Å². The van der Waals surface area contributed by atoms with Crippen LogP contribution < -0.4 is 0 Å². The second-order valence-electron chi connectivity index (χ2n) is 23.3. The standard InChI is InChI=1S/C63H122O17P2/c1-6-9-12-15-18-21-22-23-24-25-26-28-33-39-44-49-63(68)80-59(53-74-61(66)47-42-37-34-29-30-35-40-45-56(4)5)55-78-82(71,72)76-51-57(64)50-75-81(69,70)77-54-58(52-73-60(65)46-41-36-31-20-17-14-11-8-3)79-62(67)48-43-38-32-27-19-16-13-10-7-2/h56-59,64H,6-55H2,1-5H3,(H,69,70)(H,71,72)/t57-,58+,59+/m0/s1. The highest BCUT2D eigenvalue weighted by Crippen LogP contribution is 2.45. The summed E-state index contributed by atoms with van der Waals surface area (Å²) >= 11 is 0. The van der Waals surface area contributed by atoms with Gasteiger partial charge in [-0.3, -0.25) is 37.3 Å². The van der Waals surface area contributed by atoms with Crippen LogP contribution in [-0.4, -0.2) is 96.7 Å². The summed E-state index contributed by atoms with van der Waals surface area (Å²) in [6.07, 6.45) is 40.4. The molecule has 0 aliphatic heterocycles. The molecular formula is C63H122O17P2. The van der Waals surface area contributed by atoms with E-state index < -0.39 is 97.5 Å². The number of aliphatic hydroxyl groups excluding tert-OH is 1. The van der Waals surface area contributed by atoms with Crippen molar-refractivity contribution >= 4 is 39.5 Å². The molecule has 5 atom stereocenters. The number of hydrogen-bond donors (Lipinski definition) is 3. The molecule has 2 unspecified atom stereocenters. The van der Waals surface area contributed by atoms with Crippen LogP contribution in [0.4, 0.5) is 0 Å². The molecule has 0 saturated heterocycles. The molecule has 17 nitrogen and oxygen atoms in total. The number of ether oxygens (including phenoxy) is 4. The van der Waals surface area contributed by atoms with Crippen LogP contribution in [0.2, 0.25) is 0 Å². The molecule has 19 heteroatoms. The highest BCUT2D eigenvalue weighted by Gasteiger charge is 2.30. The van der Waals surface area contributed by atoms with Crippen molar-refractivity contribution in [1.29, 1.82) is 0 Å². The number of phosphoric acid groups is 2. The van der Waals surface area contributed by atoms with E-state index in [1.54, 1.807) is 0 Å². The Labute approximate surface area is 498 Å². The van der Waals surface area contributed by atoms with Gasteiger partial charge in [-0.05, 0) is 31.6 Å². The fraction of sp³-hybridized carbons (Fsp3) is 0.937. The van der Waals surface area contributed by atoms with Crippen molar-refractivity contribution in [2.75, 3.05) is 39.6 Å². The van der Waals surface area contributed by atoms with E-state index in [9.17, 15) is 43.2 Å². The predicted octanol–water partition coefficient (Wildman–Crippen LogP) is 17.4. The van der Waals surface area contributed by atoms with Gasteiger partial charge in [-0.1, -0.05) is 266 Å². The topological polar surface area (TPSA) is 237 Å². The lowest BCUT2D eigenvalue weighted by molar-refractivity contribution is -0.161. The molecule has 0 amide bonds. The van der Waals surface area contributed by atoms with Crippen LogP contribution in [0.3, 0.4) is 0 Å². The first kappa shape index (κ1) is 80.1. The third-order valence-electron chi connectivity index (χ3n) is 14.5. The summed E-state index contributed by atoms with van der Waals surface area (Å²) in [7, 11) is -9.88. The lowest BCUT2D eigenvalue weighted by atomic mass is 10.0. The van der Waals surface area contributed by atoms with Crippen LogP contribution in [0.1, 0.15) is 317 Å². The van der Waals surface area contributed by atoms with Gasteiger partial charge >= 0.3 is 39.5 Å². The summed E-state index contributed by atoms with van der Waals surface area (Å²) in [4.78, 5) is 72.0. The molecule has 0 bridgehead atoms. The van der Waals surface area contributed by atoms with Gasteiger partial charge in [-0.25, -0.2) is 9.13 Å². The maximum absolute atomic E-state index is 13.0. The first-order valence-corrected chi connectivity index (χ1v) is 36.1. The van der Waals surface area contributed by atoms with E-state index in [2.05, 4.69) is 34.6 Å². The monoisotopic (exact) mass is 1210 g/mol. The molecule has 0 heterocycles. The Morgan fingerprint density at radius 2 is 0.561 bits per heavy atom. The summed E-state index contributed by atoms with van der Waals surface area (Å²) in [5.74, 6) is -1.43. The number of unbranched alkanes of at least 4 members (excludes halogenated alkanes) is 35. The van der Waals surface area contributed by atoms with Crippen molar-refractivity contribution in [3.63, 3.8) is 0 Å². The minimum absolute atomic E-state index is 0.106. The Hall–Kier alpha value is -1.94. The zero-order valence-electron chi connectivity index (χ0n) is 52.6. The number of hydrogen-bond acceptors (Lipinski definition) is 15. The van der Waals surface area contributed by atoms with Crippen LogP contribution in [-0.2, 0) is 65.4 Å². The first-order valence-electron chi connectivity index (χ1n) is 33.1. The second-order valence-corrected chi connectivity index (χ2v) is 26.2. The minimum Gasteiger partial charge on any atom is -0.462 e. The quantitative estimate of drug-likeness (QED) is 0.0222. The Balaban J connectivity index is 5.20. The predicted molar refractivity (Wildman–Crippen MR) is 326 cm³/mol. The van der Waals surface area contributed by atoms with E-state index in [0.717, 1.165) is 103 Å². The number of aliphatic hydroxyl groups is 1. The summed E-state index contributed by atoms with van der Waals surface area (Å²) < 4.78 is 67.9. The van der Waals surface area contributed by atoms with Crippen LogP contribution in [0, 0.1) is 5.92 Å². The summed E-state index contributed by atoms with van der Waals surface area (Å²) in [6.45, 7) is 7.10. The largest absolute Gasteiger partial charge is 0.472 e. The third-order valence-corrected chi connectivity index (χ3v) is 16.4. The molecule has 0 aromatic carbocycles. The Kier molecular flexibility index (Phi) is 55.5. The summed E-state index contributed by atoms with van der Waals surface area (Å²) in [5.41, 5.74) is 0. The van der Waals surface area contributed by atoms with Crippen LogP contribution in [0.25, 0.3) is 0 Å². The molecule has 0 aromatic rings. The molecule has 3 N–H and O–H groups in total. The van der Waals surface area contributed by atoms with E-state index in [1.165, 1.54) is 128 Å². The SMILES string of the molecule is CCCCCCCCCCCCCCCCCC(=O)O[C@H](COC(=O)CCCCCCCCCC(C)C)COP(=O)(O)OC[C@@H](O)COP(=O)(O)OC[C@@H](COC(=O)CCCCCCCCCC)OC(=O)CCCCCCCCCCC. The maximum Gasteiger partial charge on any atom is 0.472 e. The smallest absolute Gasteiger partial charge is 0.462 e. The van der Waals surface area contributed by atoms with Crippen molar-refractivity contribution < 1.29 is 80.2 Å². The average Bonchev–Trinajstić information content (AvgIpc) is 3.45. The van der Waals surface area contributed by atoms with Gasteiger partial charge in [0.2, 0.25) is 0 Å². The fourth-order valence-electron chi connectivity index (χ4n) is 9.41. The zero-order valence-corrected chi connectivity index (χ0v) is 54.4. The van der Waals surface area contributed by atoms with Gasteiger partial charge in [0.15, 0.2) is 12.2 Å². The van der Waals surface area contributed by atoms with Gasteiger partial charge in [-0.15, -0.1) is 0 Å². The highest BCUT2D eigenvalue weighted by atomic mass is 31.2. The normalized spacial score (nSPS) is 14.3. The second kappa shape index (κ2) is 56.8. The molecule has 0 aliphatic carbocycles. The number of phosphoric ester groups is 2. The van der Waals surface area contributed by atoms with Crippen molar-refractivity contribution in [3.05, 3.63) is 0 Å². The van der Waals surface area contributed by atoms with Gasteiger partial charge < -0.3 is 33.8 Å². The molecular weight excluding hydrogens is 1090 g/mol. The number of carbonyl (C=O) groups is 4. The van der Waals surface area contributed by atoms with Gasteiger partial charge in [0.25, 0.3) is 0 Å². The molecule has 0 spiro atoms. The lowest BCUT2D eigenvalue weighted by Gasteiger charge is -2.21. The van der Waals surface area contributed by atoms with E-state index in [0.29, 0.717) is 31.6 Å². The van der Waals surface area contributed by atoms with Crippen molar-refractivity contribution in [2.45, 2.75) is 335 Å². The van der Waals surface area contributed by atoms with E-state index in [-0.39, 0.29) is 25.7 Å². The van der Waals surface area contributed by atoms with E-state index >= 15 is 0 Å². The molecule has 0 radical (unpaired) electrons. The Morgan fingerprint density at radius 3 is 0.829 bits per heavy atom. The molecule has 82 heavy (non-hydrogen) atoms. The molecule has 0 aliphatic rings. The van der Waals surface area contributed by atoms with Crippen molar-refractivity contribution in [2.24, 2.45) is 5.92 Å². The Morgan fingerprint density at radius 1 is 0.329 bits per heavy atom. The van der Waals surface area contributed by atoms with Gasteiger partial charge in [0.05, 0.1) is 26.4 Å². The fourth-order valence-corrected chi connectivity index (χ4v) is 11.0. The van der Waals surface area contributed by atoms with Crippen molar-refractivity contribution in [1.82, 2.24) is 0 Å². The summed E-state index contributed by atoms with van der Waals surface area (Å²) in [5, 5.41) is 10.5. The van der Waals surface area contributed by atoms with Gasteiger partial charge in [-0.2, -0.15) is 0 Å². The molecule has 0 rings (SSSR count).